The maximum absolute atomic E-state index is 13.4. The molecule has 1 fully saturated rings. The minimum absolute atomic E-state index is 0.0452. The van der Waals surface area contributed by atoms with E-state index < -0.39 is 17.7 Å². The second kappa shape index (κ2) is 12.3. The first-order chi connectivity index (χ1) is 18.4. The van der Waals surface area contributed by atoms with Crippen LogP contribution >= 0.6 is 0 Å². The number of aliphatic hydroxyl groups excluding tert-OH is 1. The van der Waals surface area contributed by atoms with Crippen LogP contribution in [0.5, 0.6) is 17.2 Å². The molecule has 0 aromatic heterocycles. The number of carbonyl (C=O) groups excluding carboxylic acids is 2. The summed E-state index contributed by atoms with van der Waals surface area (Å²) in [4.78, 5) is 28.1. The molecule has 38 heavy (non-hydrogen) atoms. The quantitative estimate of drug-likeness (QED) is 0.180. The summed E-state index contributed by atoms with van der Waals surface area (Å²) in [5.41, 5.74) is 2.15. The zero-order valence-corrected chi connectivity index (χ0v) is 22.6. The smallest absolute Gasteiger partial charge is 0.295 e. The predicted molar refractivity (Wildman–Crippen MR) is 144 cm³/mol. The number of nitrogens with zero attached hydrogens (tertiary/aromatic N) is 1. The van der Waals surface area contributed by atoms with E-state index in [1.165, 1.54) is 4.90 Å². The standard InChI is InChI=1S/C30H37NO7/c1-5-7-15-37-24-12-9-20(18-25(24)36-6-2)27-26(29(33)30(34)31(27)13-8-14-35-4)28(32)21-10-11-23-22(17-21)16-19(3)38-23/h9-12,17-19,27,32H,5-8,13-16H2,1-4H3/t19-,27-/m0/s1. The van der Waals surface area contributed by atoms with Crippen LogP contribution in [-0.2, 0) is 20.7 Å². The number of fused-ring (bicyclic) bond motifs is 1. The molecular weight excluding hydrogens is 486 g/mol. The highest BCUT2D eigenvalue weighted by molar-refractivity contribution is 6.46. The maximum atomic E-state index is 13.4. The van der Waals surface area contributed by atoms with Crippen molar-refractivity contribution in [2.75, 3.05) is 33.5 Å². The lowest BCUT2D eigenvalue weighted by Gasteiger charge is -2.26. The number of carbonyl (C=O) groups is 2. The van der Waals surface area contributed by atoms with Gasteiger partial charge < -0.3 is 29.0 Å². The highest BCUT2D eigenvalue weighted by Gasteiger charge is 2.46. The van der Waals surface area contributed by atoms with Gasteiger partial charge in [-0.05, 0) is 68.1 Å². The maximum Gasteiger partial charge on any atom is 0.295 e. The number of ether oxygens (including phenoxy) is 4. The molecule has 2 aromatic carbocycles. The first kappa shape index (κ1) is 27.5. The van der Waals surface area contributed by atoms with Crippen LogP contribution in [0.15, 0.2) is 42.0 Å². The number of hydrogen-bond acceptors (Lipinski definition) is 7. The minimum atomic E-state index is -0.779. The zero-order chi connectivity index (χ0) is 27.2. The van der Waals surface area contributed by atoms with Crippen molar-refractivity contribution in [2.45, 2.75) is 58.6 Å². The van der Waals surface area contributed by atoms with Crippen molar-refractivity contribution in [3.8, 4) is 17.2 Å². The molecule has 0 bridgehead atoms. The van der Waals surface area contributed by atoms with Crippen molar-refractivity contribution in [3.63, 3.8) is 0 Å². The minimum Gasteiger partial charge on any atom is -0.507 e. The van der Waals surface area contributed by atoms with Gasteiger partial charge in [-0.25, -0.2) is 0 Å². The Labute approximate surface area is 224 Å². The van der Waals surface area contributed by atoms with Crippen LogP contribution in [0.3, 0.4) is 0 Å². The summed E-state index contributed by atoms with van der Waals surface area (Å²) in [6.45, 7) is 7.69. The number of benzene rings is 2. The molecule has 8 nitrogen and oxygen atoms in total. The number of aliphatic hydroxyl groups is 1. The van der Waals surface area contributed by atoms with Gasteiger partial charge in [0, 0.05) is 32.2 Å². The van der Waals surface area contributed by atoms with E-state index in [-0.39, 0.29) is 17.4 Å². The number of rotatable bonds is 12. The number of ketones is 1. The van der Waals surface area contributed by atoms with E-state index in [1.54, 1.807) is 31.4 Å². The first-order valence-electron chi connectivity index (χ1n) is 13.4. The molecule has 2 aliphatic heterocycles. The molecule has 4 rings (SSSR count). The van der Waals surface area contributed by atoms with Crippen LogP contribution in [0.1, 0.15) is 62.8 Å². The molecule has 2 heterocycles. The van der Waals surface area contributed by atoms with E-state index >= 15 is 0 Å². The second-order valence-electron chi connectivity index (χ2n) is 9.64. The molecule has 1 N–H and O–H groups in total. The fraction of sp³-hybridized carbons (Fsp3) is 0.467. The molecule has 0 aliphatic carbocycles. The SMILES string of the molecule is CCCCOc1ccc([C@H]2C(=C(O)c3ccc4c(c3)C[C@H](C)O4)C(=O)C(=O)N2CCCOC)cc1OCC. The van der Waals surface area contributed by atoms with Gasteiger partial charge in [-0.2, -0.15) is 0 Å². The van der Waals surface area contributed by atoms with Crippen molar-refractivity contribution in [2.24, 2.45) is 0 Å². The third-order valence-corrected chi connectivity index (χ3v) is 6.80. The van der Waals surface area contributed by atoms with Crippen molar-refractivity contribution >= 4 is 17.4 Å². The molecule has 2 aliphatic rings. The average molecular weight is 524 g/mol. The Morgan fingerprint density at radius 1 is 1.05 bits per heavy atom. The first-order valence-corrected chi connectivity index (χ1v) is 13.4. The van der Waals surface area contributed by atoms with Gasteiger partial charge in [0.15, 0.2) is 11.5 Å². The molecule has 0 unspecified atom stereocenters. The van der Waals surface area contributed by atoms with Crippen LogP contribution in [0.25, 0.3) is 5.76 Å². The normalized spacial score (nSPS) is 19.9. The molecular formula is C30H37NO7. The summed E-state index contributed by atoms with van der Waals surface area (Å²) >= 11 is 0. The van der Waals surface area contributed by atoms with Crippen LogP contribution in [-0.4, -0.2) is 61.3 Å². The molecule has 1 saturated heterocycles. The van der Waals surface area contributed by atoms with E-state index in [9.17, 15) is 14.7 Å². The van der Waals surface area contributed by atoms with Gasteiger partial charge in [0.05, 0.1) is 24.8 Å². The Bertz CT molecular complexity index is 1210. The van der Waals surface area contributed by atoms with Crippen LogP contribution in [0, 0.1) is 0 Å². The number of likely N-dealkylation sites (tertiary alicyclic amines) is 1. The van der Waals surface area contributed by atoms with Crippen molar-refractivity contribution in [1.82, 2.24) is 4.90 Å². The Hall–Kier alpha value is -3.52. The van der Waals surface area contributed by atoms with Crippen LogP contribution < -0.4 is 14.2 Å². The topological polar surface area (TPSA) is 94.5 Å². The van der Waals surface area contributed by atoms with Gasteiger partial charge in [0.2, 0.25) is 0 Å². The fourth-order valence-electron chi connectivity index (χ4n) is 4.97. The second-order valence-corrected chi connectivity index (χ2v) is 9.64. The number of methoxy groups -OCH3 is 1. The highest BCUT2D eigenvalue weighted by Crippen LogP contribution is 2.43. The number of hydrogen-bond donors (Lipinski definition) is 1. The monoisotopic (exact) mass is 523 g/mol. The average Bonchev–Trinajstić information content (AvgIpc) is 3.40. The van der Waals surface area contributed by atoms with Gasteiger partial charge in [-0.3, -0.25) is 9.59 Å². The third-order valence-electron chi connectivity index (χ3n) is 6.80. The van der Waals surface area contributed by atoms with E-state index in [4.69, 9.17) is 18.9 Å². The Kier molecular flexibility index (Phi) is 8.94. The lowest BCUT2D eigenvalue weighted by Crippen LogP contribution is -2.31. The Morgan fingerprint density at radius 2 is 1.87 bits per heavy atom. The molecule has 8 heteroatoms. The molecule has 2 aromatic rings. The summed E-state index contributed by atoms with van der Waals surface area (Å²) < 4.78 is 22.8. The molecule has 204 valence electrons. The van der Waals surface area contributed by atoms with Crippen LogP contribution in [0.2, 0.25) is 0 Å². The van der Waals surface area contributed by atoms with Crippen molar-refractivity contribution in [1.29, 1.82) is 0 Å². The third kappa shape index (κ3) is 5.65. The van der Waals surface area contributed by atoms with E-state index in [0.29, 0.717) is 61.8 Å². The van der Waals surface area contributed by atoms with E-state index in [0.717, 1.165) is 24.2 Å². The van der Waals surface area contributed by atoms with Gasteiger partial charge in [-0.15, -0.1) is 0 Å². The molecule has 1 amide bonds. The predicted octanol–water partition coefficient (Wildman–Crippen LogP) is 5.05. The lowest BCUT2D eigenvalue weighted by molar-refractivity contribution is -0.140. The Balaban J connectivity index is 1.79. The summed E-state index contributed by atoms with van der Waals surface area (Å²) in [6, 6.07) is 10.0. The fourth-order valence-corrected chi connectivity index (χ4v) is 4.97. The molecule has 2 atom stereocenters. The summed E-state index contributed by atoms with van der Waals surface area (Å²) in [5.74, 6) is 0.348. The molecule has 0 radical (unpaired) electrons. The zero-order valence-electron chi connectivity index (χ0n) is 22.6. The largest absolute Gasteiger partial charge is 0.507 e. The Morgan fingerprint density at radius 3 is 2.61 bits per heavy atom. The lowest BCUT2D eigenvalue weighted by atomic mass is 9.94. The van der Waals surface area contributed by atoms with E-state index in [1.807, 2.05) is 26.0 Å². The number of amides is 1. The molecule has 0 spiro atoms. The van der Waals surface area contributed by atoms with Gasteiger partial charge >= 0.3 is 0 Å². The highest BCUT2D eigenvalue weighted by atomic mass is 16.5. The van der Waals surface area contributed by atoms with Gasteiger partial charge in [0.1, 0.15) is 17.6 Å². The van der Waals surface area contributed by atoms with Crippen molar-refractivity contribution < 1.29 is 33.6 Å². The van der Waals surface area contributed by atoms with Gasteiger partial charge in [-0.1, -0.05) is 19.4 Å². The number of unbranched alkanes of at least 4 members (excludes halogenated alkanes) is 1. The summed E-state index contributed by atoms with van der Waals surface area (Å²) in [5, 5.41) is 11.5. The van der Waals surface area contributed by atoms with E-state index in [2.05, 4.69) is 6.92 Å². The molecule has 0 saturated carbocycles. The van der Waals surface area contributed by atoms with Crippen LogP contribution in [0.4, 0.5) is 0 Å². The van der Waals surface area contributed by atoms with Crippen molar-refractivity contribution in [3.05, 3.63) is 58.7 Å². The summed E-state index contributed by atoms with van der Waals surface area (Å²) in [7, 11) is 1.59. The van der Waals surface area contributed by atoms with Gasteiger partial charge in [0.25, 0.3) is 11.7 Å². The number of Topliss-reactive ketones (excluding diaryl/α,β-unsaturated/α-hetero) is 1. The summed E-state index contributed by atoms with van der Waals surface area (Å²) in [6.07, 6.45) is 3.22.